The van der Waals surface area contributed by atoms with Crippen molar-refractivity contribution in [2.24, 2.45) is 0 Å². The van der Waals surface area contributed by atoms with Gasteiger partial charge >= 0.3 is 6.18 Å². The molecule has 0 atom stereocenters. The van der Waals surface area contributed by atoms with E-state index in [1.165, 1.54) is 48.9 Å². The Kier molecular flexibility index (Phi) is 7.40. The van der Waals surface area contributed by atoms with Gasteiger partial charge in [-0.1, -0.05) is 6.07 Å². The maximum Gasteiger partial charge on any atom is 0.435 e. The minimum absolute atomic E-state index is 0.165. The van der Waals surface area contributed by atoms with Gasteiger partial charge in [0.25, 0.3) is 0 Å². The second-order valence-corrected chi connectivity index (χ2v) is 10.7. The zero-order valence-corrected chi connectivity index (χ0v) is 23.1. The smallest absolute Gasteiger partial charge is 0.435 e. The lowest BCUT2D eigenvalue weighted by molar-refractivity contribution is -0.140. The van der Waals surface area contributed by atoms with E-state index in [2.05, 4.69) is 25.4 Å². The minimum Gasteiger partial charge on any atom is -0.456 e. The predicted molar refractivity (Wildman–Crippen MR) is 149 cm³/mol. The summed E-state index contributed by atoms with van der Waals surface area (Å²) >= 11 is 0. The quantitative estimate of drug-likeness (QED) is 0.216. The first kappa shape index (κ1) is 28.7. The largest absolute Gasteiger partial charge is 0.456 e. The fourth-order valence-electron chi connectivity index (χ4n) is 4.33. The second-order valence-electron chi connectivity index (χ2n) is 10.7. The number of pyridine rings is 1. The van der Waals surface area contributed by atoms with Crippen LogP contribution in [0.5, 0.6) is 11.5 Å². The fraction of sp³-hybridized carbons (Fsp3) is 0.233. The molecule has 0 aliphatic rings. The Bertz CT molecular complexity index is 1790. The van der Waals surface area contributed by atoms with E-state index >= 15 is 4.39 Å². The van der Waals surface area contributed by atoms with Crippen LogP contribution < -0.4 is 10.1 Å². The monoisotopic (exact) mass is 578 g/mol. The lowest BCUT2D eigenvalue weighted by Crippen LogP contribution is -2.22. The van der Waals surface area contributed by atoms with Gasteiger partial charge in [-0.2, -0.15) is 18.3 Å². The van der Waals surface area contributed by atoms with Gasteiger partial charge < -0.3 is 10.1 Å². The Balaban J connectivity index is 1.40. The molecule has 0 unspecified atom stereocenters. The van der Waals surface area contributed by atoms with Crippen LogP contribution in [0, 0.1) is 12.7 Å². The maximum absolute atomic E-state index is 15.1. The molecule has 216 valence electrons. The number of hydrogen-bond acceptors (Lipinski definition) is 6. The van der Waals surface area contributed by atoms with Gasteiger partial charge in [-0.15, -0.1) is 0 Å². The SMILES string of the molecule is Cc1cc(CC(=O)Nc2cnn(C(C)(C)C)c2)c(F)cc1Oc1ccnc2ccc(-c3nccnc3C(F)(F)F)cc12. The van der Waals surface area contributed by atoms with E-state index in [0.717, 1.165) is 6.20 Å². The molecule has 1 N–H and O–H groups in total. The molecule has 0 fully saturated rings. The zero-order valence-electron chi connectivity index (χ0n) is 23.1. The number of benzene rings is 2. The lowest BCUT2D eigenvalue weighted by atomic mass is 10.0. The van der Waals surface area contributed by atoms with E-state index in [1.54, 1.807) is 23.9 Å². The van der Waals surface area contributed by atoms with Crippen molar-refractivity contribution in [2.45, 2.75) is 45.8 Å². The van der Waals surface area contributed by atoms with Crippen LogP contribution in [0.4, 0.5) is 23.2 Å². The number of carbonyl (C=O) groups excluding carboxylic acids is 1. The van der Waals surface area contributed by atoms with Gasteiger partial charge in [0.15, 0.2) is 5.69 Å². The predicted octanol–water partition coefficient (Wildman–Crippen LogP) is 7.08. The van der Waals surface area contributed by atoms with Gasteiger partial charge in [0.05, 0.1) is 29.4 Å². The summed E-state index contributed by atoms with van der Waals surface area (Å²) < 4.78 is 63.6. The molecule has 5 aromatic rings. The standard InChI is InChI=1S/C30H26F4N6O2/c1-17-11-19(13-26(41)39-20-15-38-40(16-20)29(2,3)4)22(31)14-25(17)42-24-7-8-35-23-6-5-18(12-21(23)24)27-28(30(32,33)34)37-10-9-36-27/h5-12,14-16H,13H2,1-4H3,(H,39,41). The van der Waals surface area contributed by atoms with Crippen LogP contribution in [0.15, 0.2) is 67.4 Å². The molecule has 3 heterocycles. The van der Waals surface area contributed by atoms with Gasteiger partial charge in [0, 0.05) is 41.8 Å². The van der Waals surface area contributed by atoms with Crippen LogP contribution in [0.3, 0.4) is 0 Å². The van der Waals surface area contributed by atoms with Crippen molar-refractivity contribution in [3.8, 4) is 22.8 Å². The number of alkyl halides is 3. The number of nitrogens with one attached hydrogen (secondary N) is 1. The number of ether oxygens (including phenoxy) is 1. The second kappa shape index (κ2) is 10.8. The Labute approximate surface area is 238 Å². The van der Waals surface area contributed by atoms with Crippen LogP contribution in [0.1, 0.15) is 37.6 Å². The molecule has 0 saturated carbocycles. The van der Waals surface area contributed by atoms with Gasteiger partial charge in [-0.3, -0.25) is 19.4 Å². The Hall–Kier alpha value is -4.87. The van der Waals surface area contributed by atoms with Gasteiger partial charge in [-0.25, -0.2) is 9.37 Å². The number of amides is 1. The highest BCUT2D eigenvalue weighted by molar-refractivity contribution is 5.92. The first-order valence-corrected chi connectivity index (χ1v) is 12.9. The number of hydrogen-bond donors (Lipinski definition) is 1. The zero-order chi connectivity index (χ0) is 30.2. The summed E-state index contributed by atoms with van der Waals surface area (Å²) in [6.07, 6.45) is 1.96. The number of fused-ring (bicyclic) bond motifs is 1. The van der Waals surface area contributed by atoms with Crippen LogP contribution in [0.25, 0.3) is 22.2 Å². The molecular weight excluding hydrogens is 552 g/mol. The summed E-state index contributed by atoms with van der Waals surface area (Å²) in [5.41, 5.74) is 0.131. The molecule has 5 rings (SSSR count). The lowest BCUT2D eigenvalue weighted by Gasteiger charge is -2.18. The maximum atomic E-state index is 15.1. The first-order chi connectivity index (χ1) is 19.8. The number of rotatable bonds is 6. The summed E-state index contributed by atoms with van der Waals surface area (Å²) in [6.45, 7) is 7.63. The molecule has 3 aromatic heterocycles. The number of carbonyl (C=O) groups is 1. The third-order valence-corrected chi connectivity index (χ3v) is 6.41. The Morgan fingerprint density at radius 1 is 0.976 bits per heavy atom. The van der Waals surface area contributed by atoms with Crippen molar-refractivity contribution in [3.05, 3.63) is 90.0 Å². The van der Waals surface area contributed by atoms with Crippen molar-refractivity contribution >= 4 is 22.5 Å². The van der Waals surface area contributed by atoms with E-state index in [-0.39, 0.29) is 40.3 Å². The summed E-state index contributed by atoms with van der Waals surface area (Å²) in [6, 6.07) is 8.72. The third-order valence-electron chi connectivity index (χ3n) is 6.41. The van der Waals surface area contributed by atoms with Crippen molar-refractivity contribution in [3.63, 3.8) is 0 Å². The number of nitrogens with zero attached hydrogens (tertiary/aromatic N) is 5. The third kappa shape index (κ3) is 6.07. The number of aryl methyl sites for hydroxylation is 1. The summed E-state index contributed by atoms with van der Waals surface area (Å²) in [5, 5.41) is 7.37. The average molecular weight is 579 g/mol. The number of halogens is 4. The summed E-state index contributed by atoms with van der Waals surface area (Å²) in [4.78, 5) is 24.3. The number of anilines is 1. The molecule has 0 aliphatic carbocycles. The molecule has 0 bridgehead atoms. The van der Waals surface area contributed by atoms with Crippen LogP contribution in [-0.2, 0) is 22.9 Å². The fourth-order valence-corrected chi connectivity index (χ4v) is 4.33. The molecule has 12 heteroatoms. The molecule has 0 saturated heterocycles. The molecule has 1 amide bonds. The van der Waals surface area contributed by atoms with Crippen molar-refractivity contribution in [1.82, 2.24) is 24.7 Å². The highest BCUT2D eigenvalue weighted by Gasteiger charge is 2.36. The first-order valence-electron chi connectivity index (χ1n) is 12.9. The van der Waals surface area contributed by atoms with E-state index in [0.29, 0.717) is 22.2 Å². The molecule has 0 spiro atoms. The van der Waals surface area contributed by atoms with Crippen molar-refractivity contribution in [1.29, 1.82) is 0 Å². The topological polar surface area (TPSA) is 94.8 Å². The number of aromatic nitrogens is 5. The van der Waals surface area contributed by atoms with Gasteiger partial charge in [0.2, 0.25) is 5.91 Å². The highest BCUT2D eigenvalue weighted by atomic mass is 19.4. The van der Waals surface area contributed by atoms with E-state index < -0.39 is 23.6 Å². The Morgan fingerprint density at radius 2 is 1.74 bits per heavy atom. The van der Waals surface area contributed by atoms with Crippen LogP contribution in [0.2, 0.25) is 0 Å². The van der Waals surface area contributed by atoms with Gasteiger partial charge in [-0.05, 0) is 63.1 Å². The molecular formula is C30H26F4N6O2. The molecule has 2 aromatic carbocycles. The van der Waals surface area contributed by atoms with Crippen LogP contribution in [-0.4, -0.2) is 30.6 Å². The van der Waals surface area contributed by atoms with Crippen molar-refractivity contribution in [2.75, 3.05) is 5.32 Å². The highest BCUT2D eigenvalue weighted by Crippen LogP contribution is 2.37. The normalized spacial score (nSPS) is 12.0. The van der Waals surface area contributed by atoms with E-state index in [9.17, 15) is 18.0 Å². The van der Waals surface area contributed by atoms with Gasteiger partial charge in [0.1, 0.15) is 23.0 Å². The summed E-state index contributed by atoms with van der Waals surface area (Å²) in [5.74, 6) is -0.630. The van der Waals surface area contributed by atoms with Crippen molar-refractivity contribution < 1.29 is 27.1 Å². The molecule has 0 aliphatic heterocycles. The molecule has 42 heavy (non-hydrogen) atoms. The van der Waals surface area contributed by atoms with E-state index in [1.807, 2.05) is 20.8 Å². The minimum atomic E-state index is -4.70. The molecule has 8 nitrogen and oxygen atoms in total. The van der Waals surface area contributed by atoms with E-state index in [4.69, 9.17) is 4.74 Å². The summed E-state index contributed by atoms with van der Waals surface area (Å²) in [7, 11) is 0. The van der Waals surface area contributed by atoms with Crippen LogP contribution >= 0.6 is 0 Å². The molecule has 0 radical (unpaired) electrons. The average Bonchev–Trinajstić information content (AvgIpc) is 3.40. The Morgan fingerprint density at radius 3 is 2.45 bits per heavy atom.